The van der Waals surface area contributed by atoms with Gasteiger partial charge in [-0.15, -0.1) is 0 Å². The van der Waals surface area contributed by atoms with Crippen LogP contribution >= 0.6 is 0 Å². The second kappa shape index (κ2) is 15.9. The first-order chi connectivity index (χ1) is 28.1. The summed E-state index contributed by atoms with van der Waals surface area (Å²) in [6, 6.07) is 74.1. The van der Waals surface area contributed by atoms with Gasteiger partial charge in [-0.3, -0.25) is 0 Å². The maximum absolute atomic E-state index is 4.57. The van der Waals surface area contributed by atoms with E-state index in [1.807, 2.05) is 0 Å². The third-order valence-corrected chi connectivity index (χ3v) is 11.1. The van der Waals surface area contributed by atoms with Crippen LogP contribution in [0.1, 0.15) is 25.3 Å². The lowest BCUT2D eigenvalue weighted by Crippen LogP contribution is -2.16. The molecule has 0 atom stereocenters. The van der Waals surface area contributed by atoms with Crippen LogP contribution in [0.15, 0.2) is 225 Å². The van der Waals surface area contributed by atoms with E-state index in [4.69, 9.17) is 0 Å². The van der Waals surface area contributed by atoms with Crippen molar-refractivity contribution < 1.29 is 0 Å². The molecule has 57 heavy (non-hydrogen) atoms. The molecule has 0 aliphatic carbocycles. The van der Waals surface area contributed by atoms with Gasteiger partial charge < -0.3 is 9.47 Å². The Morgan fingerprint density at radius 1 is 0.456 bits per heavy atom. The molecule has 0 saturated heterocycles. The Morgan fingerprint density at radius 3 is 1.42 bits per heavy atom. The third kappa shape index (κ3) is 7.22. The average molecular weight is 733 g/mol. The molecule has 1 heterocycles. The lowest BCUT2D eigenvalue weighted by atomic mass is 9.96. The molecule has 8 aromatic carbocycles. The molecular weight excluding hydrogens is 689 g/mol. The van der Waals surface area contributed by atoms with Gasteiger partial charge in [0.05, 0.1) is 11.0 Å². The van der Waals surface area contributed by atoms with Gasteiger partial charge >= 0.3 is 0 Å². The van der Waals surface area contributed by atoms with Crippen molar-refractivity contribution in [1.82, 2.24) is 4.57 Å². The summed E-state index contributed by atoms with van der Waals surface area (Å²) in [5, 5.41) is 2.49. The molecule has 0 saturated carbocycles. The summed E-state index contributed by atoms with van der Waals surface area (Å²) in [6.45, 7) is 6.71. The van der Waals surface area contributed by atoms with Crippen LogP contribution in [-0.2, 0) is 0 Å². The molecule has 274 valence electrons. The summed E-state index contributed by atoms with van der Waals surface area (Å²) in [7, 11) is 0. The van der Waals surface area contributed by atoms with Crippen LogP contribution in [0.2, 0.25) is 0 Å². The first kappa shape index (κ1) is 35.5. The summed E-state index contributed by atoms with van der Waals surface area (Å²) >= 11 is 0. The SMILES string of the molecule is C=C(CC/C(=C\C)N(c1ccccc1)c1ccc(-c2ccccc2)cc1)c1ccc(-c2ccc3c(c2)c2cc(-c4ccccc4)ccc2n3-c2ccccc2)cc1. The fourth-order valence-corrected chi connectivity index (χ4v) is 8.07. The highest BCUT2D eigenvalue weighted by Crippen LogP contribution is 2.38. The molecule has 0 radical (unpaired) electrons. The first-order valence-corrected chi connectivity index (χ1v) is 19.8. The minimum Gasteiger partial charge on any atom is -0.315 e. The molecule has 0 aliphatic heterocycles. The lowest BCUT2D eigenvalue weighted by Gasteiger charge is -2.28. The van der Waals surface area contributed by atoms with E-state index in [1.165, 1.54) is 66.4 Å². The van der Waals surface area contributed by atoms with Crippen LogP contribution < -0.4 is 4.90 Å². The molecule has 2 nitrogen and oxygen atoms in total. The average Bonchev–Trinajstić information content (AvgIpc) is 3.62. The second-order valence-electron chi connectivity index (χ2n) is 14.5. The Labute approximate surface area is 335 Å². The van der Waals surface area contributed by atoms with Crippen molar-refractivity contribution in [1.29, 1.82) is 0 Å². The highest BCUT2D eigenvalue weighted by atomic mass is 15.1. The summed E-state index contributed by atoms with van der Waals surface area (Å²) in [4.78, 5) is 2.37. The van der Waals surface area contributed by atoms with E-state index in [0.717, 1.165) is 35.5 Å². The molecule has 0 spiro atoms. The normalized spacial score (nSPS) is 11.6. The van der Waals surface area contributed by atoms with E-state index in [2.05, 4.69) is 235 Å². The Morgan fingerprint density at radius 2 is 0.877 bits per heavy atom. The molecule has 0 aliphatic rings. The molecule has 9 aromatic rings. The maximum Gasteiger partial charge on any atom is 0.0541 e. The van der Waals surface area contributed by atoms with E-state index in [-0.39, 0.29) is 0 Å². The van der Waals surface area contributed by atoms with E-state index in [0.29, 0.717) is 0 Å². The largest absolute Gasteiger partial charge is 0.315 e. The number of aromatic nitrogens is 1. The zero-order valence-corrected chi connectivity index (χ0v) is 32.2. The predicted octanol–water partition coefficient (Wildman–Crippen LogP) is 15.3. The number of benzene rings is 8. The van der Waals surface area contributed by atoms with Crippen LogP contribution in [0.5, 0.6) is 0 Å². The monoisotopic (exact) mass is 732 g/mol. The van der Waals surface area contributed by atoms with Crippen LogP contribution in [0, 0.1) is 0 Å². The second-order valence-corrected chi connectivity index (χ2v) is 14.5. The molecule has 0 N–H and O–H groups in total. The van der Waals surface area contributed by atoms with Gasteiger partial charge in [-0.25, -0.2) is 0 Å². The number of anilines is 2. The van der Waals surface area contributed by atoms with Crippen molar-refractivity contribution in [3.63, 3.8) is 0 Å². The van der Waals surface area contributed by atoms with Crippen molar-refractivity contribution in [2.45, 2.75) is 19.8 Å². The van der Waals surface area contributed by atoms with Crippen molar-refractivity contribution >= 4 is 38.8 Å². The number of hydrogen-bond donors (Lipinski definition) is 0. The number of para-hydroxylation sites is 2. The predicted molar refractivity (Wildman–Crippen MR) is 244 cm³/mol. The summed E-state index contributed by atoms with van der Waals surface area (Å²) in [5.41, 5.74) is 16.7. The van der Waals surface area contributed by atoms with Crippen molar-refractivity contribution in [3.8, 4) is 39.1 Å². The summed E-state index contributed by atoms with van der Waals surface area (Å²) in [6.07, 6.45) is 3.95. The van der Waals surface area contributed by atoms with E-state index in [9.17, 15) is 0 Å². The Kier molecular flexibility index (Phi) is 9.91. The van der Waals surface area contributed by atoms with Gasteiger partial charge in [-0.05, 0) is 125 Å². The first-order valence-electron chi connectivity index (χ1n) is 19.8. The summed E-state index contributed by atoms with van der Waals surface area (Å²) < 4.78 is 2.38. The van der Waals surface area contributed by atoms with Crippen LogP contribution in [-0.4, -0.2) is 4.57 Å². The van der Waals surface area contributed by atoms with Crippen molar-refractivity contribution in [3.05, 3.63) is 230 Å². The van der Waals surface area contributed by atoms with Crippen LogP contribution in [0.4, 0.5) is 11.4 Å². The maximum atomic E-state index is 4.57. The number of allylic oxidation sites excluding steroid dienone is 3. The molecular formula is C55H44N2. The fraction of sp³-hybridized carbons (Fsp3) is 0.0545. The summed E-state index contributed by atoms with van der Waals surface area (Å²) in [5.74, 6) is 0. The molecule has 0 bridgehead atoms. The minimum atomic E-state index is 0.846. The molecule has 9 rings (SSSR count). The highest BCUT2D eigenvalue weighted by molar-refractivity contribution is 6.11. The van der Waals surface area contributed by atoms with Gasteiger partial charge in [0.2, 0.25) is 0 Å². The minimum absolute atomic E-state index is 0.846. The number of nitrogens with zero attached hydrogens (tertiary/aromatic N) is 2. The van der Waals surface area contributed by atoms with Gasteiger partial charge in [0.25, 0.3) is 0 Å². The highest BCUT2D eigenvalue weighted by Gasteiger charge is 2.17. The van der Waals surface area contributed by atoms with Gasteiger partial charge in [0.15, 0.2) is 0 Å². The molecule has 2 heteroatoms. The topological polar surface area (TPSA) is 8.17 Å². The Balaban J connectivity index is 0.977. The van der Waals surface area contributed by atoms with E-state index in [1.54, 1.807) is 0 Å². The van der Waals surface area contributed by atoms with Crippen LogP contribution in [0.25, 0.3) is 66.4 Å². The van der Waals surface area contributed by atoms with E-state index < -0.39 is 0 Å². The zero-order chi connectivity index (χ0) is 38.6. The quantitative estimate of drug-likeness (QED) is 0.129. The van der Waals surface area contributed by atoms with Gasteiger partial charge in [0, 0.05) is 33.5 Å². The Hall–Kier alpha value is -7.16. The fourth-order valence-electron chi connectivity index (χ4n) is 8.07. The number of hydrogen-bond acceptors (Lipinski definition) is 1. The standard InChI is InChI=1S/C55H44N2/c1-3-48(56(49-20-12-6-13-21-49)51-34-29-44(30-35-51)42-16-8-4-9-17-42)33-24-40(2)41-25-27-45(28-26-41)47-32-37-55-53(39-47)52-38-46(43-18-10-5-11-19-43)31-36-54(52)57(55)50-22-14-7-15-23-50/h3-23,25-32,34-39H,2,24,33H2,1H3/b48-3+. The zero-order valence-electron chi connectivity index (χ0n) is 32.2. The Bertz CT molecular complexity index is 2810. The van der Waals surface area contributed by atoms with Gasteiger partial charge in [-0.2, -0.15) is 0 Å². The van der Waals surface area contributed by atoms with Crippen molar-refractivity contribution in [2.75, 3.05) is 4.90 Å². The van der Waals surface area contributed by atoms with Gasteiger partial charge in [-0.1, -0.05) is 158 Å². The van der Waals surface area contributed by atoms with E-state index >= 15 is 0 Å². The smallest absolute Gasteiger partial charge is 0.0541 e. The van der Waals surface area contributed by atoms with Gasteiger partial charge in [0.1, 0.15) is 0 Å². The number of rotatable bonds is 11. The molecule has 0 fully saturated rings. The molecule has 0 amide bonds. The molecule has 1 aromatic heterocycles. The number of fused-ring (bicyclic) bond motifs is 3. The van der Waals surface area contributed by atoms with Crippen LogP contribution in [0.3, 0.4) is 0 Å². The third-order valence-electron chi connectivity index (χ3n) is 11.1. The lowest BCUT2D eigenvalue weighted by molar-refractivity contribution is 0.940. The molecule has 0 unspecified atom stereocenters. The van der Waals surface area contributed by atoms with Crippen molar-refractivity contribution in [2.24, 2.45) is 0 Å².